The Morgan fingerprint density at radius 2 is 1.95 bits per heavy atom. The molecule has 2 fully saturated rings. The molecule has 0 radical (unpaired) electrons. The van der Waals surface area contributed by atoms with E-state index in [1.54, 1.807) is 0 Å². The lowest BCUT2D eigenvalue weighted by molar-refractivity contribution is 0.0423. The van der Waals surface area contributed by atoms with Crippen molar-refractivity contribution in [1.82, 2.24) is 10.6 Å². The van der Waals surface area contributed by atoms with Gasteiger partial charge in [0.1, 0.15) is 0 Å². The molecule has 3 heteroatoms. The Balaban J connectivity index is 1.59. The van der Waals surface area contributed by atoms with E-state index in [4.69, 9.17) is 0 Å². The van der Waals surface area contributed by atoms with Crippen LogP contribution in [-0.4, -0.2) is 25.0 Å². The Morgan fingerprint density at radius 3 is 2.65 bits per heavy atom. The Hall–Kier alpha value is -1.35. The summed E-state index contributed by atoms with van der Waals surface area (Å²) in [4.78, 5) is 12.4. The molecule has 1 saturated carbocycles. The molecule has 1 aliphatic carbocycles. The van der Waals surface area contributed by atoms with Gasteiger partial charge in [-0.3, -0.25) is 4.79 Å². The summed E-state index contributed by atoms with van der Waals surface area (Å²) >= 11 is 0. The molecule has 2 aliphatic rings. The molecule has 3 nitrogen and oxygen atoms in total. The van der Waals surface area contributed by atoms with Crippen LogP contribution in [-0.2, 0) is 0 Å². The summed E-state index contributed by atoms with van der Waals surface area (Å²) in [6, 6.07) is 6.32. The maximum Gasteiger partial charge on any atom is 0.251 e. The Labute approximate surface area is 121 Å². The molecular weight excluding hydrogens is 248 g/mol. The maximum atomic E-state index is 12.4. The number of piperidine rings is 1. The van der Waals surface area contributed by atoms with Crippen LogP contribution in [0.3, 0.4) is 0 Å². The minimum atomic E-state index is 0.0972. The maximum absolute atomic E-state index is 12.4. The van der Waals surface area contributed by atoms with E-state index >= 15 is 0 Å². The minimum Gasteiger partial charge on any atom is -0.349 e. The summed E-state index contributed by atoms with van der Waals surface area (Å²) < 4.78 is 0. The number of carbonyl (C=O) groups excluding carboxylic acids is 1. The molecule has 0 atom stereocenters. The molecule has 0 bridgehead atoms. The van der Waals surface area contributed by atoms with E-state index in [9.17, 15) is 4.79 Å². The summed E-state index contributed by atoms with van der Waals surface area (Å²) in [6.45, 7) is 6.36. The fourth-order valence-electron chi connectivity index (χ4n) is 3.71. The lowest BCUT2D eigenvalue weighted by Crippen LogP contribution is -2.54. The van der Waals surface area contributed by atoms with E-state index in [1.165, 1.54) is 18.4 Å². The molecule has 108 valence electrons. The van der Waals surface area contributed by atoms with Gasteiger partial charge in [0.05, 0.1) is 0 Å². The minimum absolute atomic E-state index is 0.0972. The van der Waals surface area contributed by atoms with Gasteiger partial charge < -0.3 is 10.6 Å². The second-order valence-corrected chi connectivity index (χ2v) is 6.58. The van der Waals surface area contributed by atoms with Crippen molar-refractivity contribution in [1.29, 1.82) is 0 Å². The lowest BCUT2D eigenvalue weighted by atomic mass is 9.60. The molecule has 0 aromatic heterocycles. The van der Waals surface area contributed by atoms with E-state index in [2.05, 4.69) is 23.6 Å². The zero-order chi connectivity index (χ0) is 14.2. The van der Waals surface area contributed by atoms with Gasteiger partial charge in [-0.05, 0) is 75.2 Å². The van der Waals surface area contributed by atoms with Crippen LogP contribution in [0.1, 0.15) is 47.2 Å². The van der Waals surface area contributed by atoms with E-state index in [1.807, 2.05) is 19.1 Å². The first-order chi connectivity index (χ1) is 9.60. The van der Waals surface area contributed by atoms with Gasteiger partial charge in [0, 0.05) is 11.6 Å². The summed E-state index contributed by atoms with van der Waals surface area (Å²) in [5.74, 6) is 0.0972. The van der Waals surface area contributed by atoms with Gasteiger partial charge in [0.15, 0.2) is 0 Å². The van der Waals surface area contributed by atoms with Crippen LogP contribution < -0.4 is 10.6 Å². The van der Waals surface area contributed by atoms with Gasteiger partial charge in [0.25, 0.3) is 5.91 Å². The third-order valence-electron chi connectivity index (χ3n) is 5.21. The first-order valence-corrected chi connectivity index (χ1v) is 7.67. The largest absolute Gasteiger partial charge is 0.349 e. The van der Waals surface area contributed by atoms with Crippen molar-refractivity contribution >= 4 is 5.91 Å². The van der Waals surface area contributed by atoms with Gasteiger partial charge in [0.2, 0.25) is 0 Å². The van der Waals surface area contributed by atoms with Crippen molar-refractivity contribution in [3.8, 4) is 0 Å². The molecule has 1 spiro atoms. The smallest absolute Gasteiger partial charge is 0.251 e. The summed E-state index contributed by atoms with van der Waals surface area (Å²) in [6.07, 6.45) is 4.85. The molecule has 1 amide bonds. The number of hydrogen-bond donors (Lipinski definition) is 2. The van der Waals surface area contributed by atoms with E-state index < -0.39 is 0 Å². The van der Waals surface area contributed by atoms with Crippen molar-refractivity contribution in [2.45, 2.75) is 45.6 Å². The summed E-state index contributed by atoms with van der Waals surface area (Å²) in [5.41, 5.74) is 3.63. The van der Waals surface area contributed by atoms with Gasteiger partial charge >= 0.3 is 0 Å². The highest BCUT2D eigenvalue weighted by Gasteiger charge is 2.44. The highest BCUT2D eigenvalue weighted by molar-refractivity contribution is 5.96. The van der Waals surface area contributed by atoms with Crippen LogP contribution in [0.5, 0.6) is 0 Å². The van der Waals surface area contributed by atoms with Crippen LogP contribution >= 0.6 is 0 Å². The van der Waals surface area contributed by atoms with Crippen molar-refractivity contribution in [2.75, 3.05) is 13.1 Å². The average Bonchev–Trinajstić information content (AvgIpc) is 2.41. The zero-order valence-electron chi connectivity index (χ0n) is 12.5. The van der Waals surface area contributed by atoms with Crippen molar-refractivity contribution in [2.24, 2.45) is 5.41 Å². The number of amides is 1. The number of aryl methyl sites for hydroxylation is 1. The van der Waals surface area contributed by atoms with Crippen LogP contribution in [0.4, 0.5) is 0 Å². The monoisotopic (exact) mass is 272 g/mol. The molecular formula is C17H24N2O. The van der Waals surface area contributed by atoms with Gasteiger partial charge in [-0.25, -0.2) is 0 Å². The first-order valence-electron chi connectivity index (χ1n) is 7.67. The molecule has 0 unspecified atom stereocenters. The fourth-order valence-corrected chi connectivity index (χ4v) is 3.71. The highest BCUT2D eigenvalue weighted by atomic mass is 16.1. The molecule has 2 N–H and O–H groups in total. The number of rotatable bonds is 2. The van der Waals surface area contributed by atoms with Crippen LogP contribution in [0, 0.1) is 19.3 Å². The number of carbonyl (C=O) groups is 1. The highest BCUT2D eigenvalue weighted by Crippen LogP contribution is 2.47. The predicted molar refractivity (Wildman–Crippen MR) is 80.9 cm³/mol. The molecule has 1 aliphatic heterocycles. The summed E-state index contributed by atoms with van der Waals surface area (Å²) in [7, 11) is 0. The molecule has 1 heterocycles. The van der Waals surface area contributed by atoms with Crippen LogP contribution in [0.25, 0.3) is 0 Å². The standard InChI is InChI=1S/C17H24N2O/c1-12-4-3-5-15(13(12)2)16(20)19-14-10-17(11-14)6-8-18-9-7-17/h3-5,14,18H,6-11H2,1-2H3,(H,19,20). The molecule has 1 saturated heterocycles. The topological polar surface area (TPSA) is 41.1 Å². The van der Waals surface area contributed by atoms with E-state index in [0.29, 0.717) is 11.5 Å². The van der Waals surface area contributed by atoms with Crippen molar-refractivity contribution in [3.63, 3.8) is 0 Å². The zero-order valence-corrected chi connectivity index (χ0v) is 12.5. The third-order valence-corrected chi connectivity index (χ3v) is 5.21. The quantitative estimate of drug-likeness (QED) is 0.869. The van der Waals surface area contributed by atoms with E-state index in [0.717, 1.165) is 37.1 Å². The Morgan fingerprint density at radius 1 is 1.25 bits per heavy atom. The third kappa shape index (κ3) is 2.47. The molecule has 1 aromatic carbocycles. The SMILES string of the molecule is Cc1cccc(C(=O)NC2CC3(CCNCC3)C2)c1C. The normalized spacial score (nSPS) is 21.5. The predicted octanol–water partition coefficient (Wildman–Crippen LogP) is 2.57. The number of hydrogen-bond acceptors (Lipinski definition) is 2. The van der Waals surface area contributed by atoms with Crippen molar-refractivity contribution < 1.29 is 4.79 Å². The van der Waals surface area contributed by atoms with Crippen molar-refractivity contribution in [3.05, 3.63) is 34.9 Å². The van der Waals surface area contributed by atoms with Gasteiger partial charge in [-0.2, -0.15) is 0 Å². The Kier molecular flexibility index (Phi) is 3.55. The second-order valence-electron chi connectivity index (χ2n) is 6.58. The Bertz CT molecular complexity index is 510. The average molecular weight is 272 g/mol. The van der Waals surface area contributed by atoms with E-state index in [-0.39, 0.29) is 5.91 Å². The van der Waals surface area contributed by atoms with Crippen LogP contribution in [0.2, 0.25) is 0 Å². The van der Waals surface area contributed by atoms with Gasteiger partial charge in [-0.1, -0.05) is 12.1 Å². The molecule has 20 heavy (non-hydrogen) atoms. The lowest BCUT2D eigenvalue weighted by Gasteiger charge is -2.50. The molecule has 1 aromatic rings. The number of benzene rings is 1. The second kappa shape index (κ2) is 5.21. The molecule has 3 rings (SSSR count). The van der Waals surface area contributed by atoms with Gasteiger partial charge in [-0.15, -0.1) is 0 Å². The summed E-state index contributed by atoms with van der Waals surface area (Å²) in [5, 5.41) is 6.63. The fraction of sp³-hybridized carbons (Fsp3) is 0.588. The van der Waals surface area contributed by atoms with Crippen LogP contribution in [0.15, 0.2) is 18.2 Å². The first kappa shape index (κ1) is 13.6. The number of nitrogens with one attached hydrogen (secondary N) is 2.